The van der Waals surface area contributed by atoms with Crippen molar-refractivity contribution in [3.8, 4) is 5.88 Å². The molecule has 0 aliphatic heterocycles. The molecular weight excluding hydrogens is 326 g/mol. The molecule has 0 saturated heterocycles. The first-order valence-electron chi connectivity index (χ1n) is 7.82. The lowest BCUT2D eigenvalue weighted by atomic mass is 10.3. The summed E-state index contributed by atoms with van der Waals surface area (Å²) >= 11 is 6.06. The topological polar surface area (TPSA) is 54.7 Å². The molecule has 0 fully saturated rings. The Kier molecular flexibility index (Phi) is 6.49. The van der Waals surface area contributed by atoms with Gasteiger partial charge in [0.15, 0.2) is 5.96 Å². The number of aliphatic imine (C=N–C) groups is 1. The molecule has 2 rings (SSSR count). The van der Waals surface area contributed by atoms with E-state index >= 15 is 0 Å². The first kappa shape index (κ1) is 18.1. The number of methoxy groups -OCH3 is 1. The molecule has 2 aromatic heterocycles. The van der Waals surface area contributed by atoms with Crippen molar-refractivity contribution in [2.24, 2.45) is 12.0 Å². The van der Waals surface area contributed by atoms with Crippen LogP contribution in [0.25, 0.3) is 0 Å². The Balaban J connectivity index is 2.10. The number of hydrogen-bond acceptors (Lipinski definition) is 3. The maximum absolute atomic E-state index is 6.06. The van der Waals surface area contributed by atoms with Crippen molar-refractivity contribution >= 4 is 17.6 Å². The third-order valence-corrected chi connectivity index (χ3v) is 3.80. The number of nitrogens with zero attached hydrogens (tertiary/aromatic N) is 4. The molecule has 2 heterocycles. The summed E-state index contributed by atoms with van der Waals surface area (Å²) in [5.74, 6) is 1.44. The molecule has 0 aliphatic rings. The number of ether oxygens (including phenoxy) is 1. The minimum atomic E-state index is 0.555. The van der Waals surface area contributed by atoms with Crippen molar-refractivity contribution < 1.29 is 4.74 Å². The van der Waals surface area contributed by atoms with E-state index in [1.54, 1.807) is 13.3 Å². The summed E-state index contributed by atoms with van der Waals surface area (Å²) in [6.45, 7) is 4.13. The molecule has 0 bridgehead atoms. The number of nitrogens with one attached hydrogen (secondary N) is 1. The van der Waals surface area contributed by atoms with Gasteiger partial charge in [-0.25, -0.2) is 9.98 Å². The molecular formula is C17H24ClN5O. The van der Waals surface area contributed by atoms with Gasteiger partial charge < -0.3 is 19.5 Å². The number of aryl methyl sites for hydroxylation is 1. The summed E-state index contributed by atoms with van der Waals surface area (Å²) in [4.78, 5) is 10.9. The zero-order valence-electron chi connectivity index (χ0n) is 14.6. The summed E-state index contributed by atoms with van der Waals surface area (Å²) in [5, 5.41) is 4.06. The maximum Gasteiger partial charge on any atom is 0.213 e. The molecule has 0 unspecified atom stereocenters. The summed E-state index contributed by atoms with van der Waals surface area (Å²) in [7, 11) is 5.61. The Morgan fingerprint density at radius 2 is 2.25 bits per heavy atom. The smallest absolute Gasteiger partial charge is 0.213 e. The van der Waals surface area contributed by atoms with Crippen molar-refractivity contribution in [2.45, 2.75) is 20.0 Å². The molecule has 6 nitrogen and oxygen atoms in total. The molecule has 0 spiro atoms. The second kappa shape index (κ2) is 8.59. The van der Waals surface area contributed by atoms with Crippen LogP contribution in [0.4, 0.5) is 0 Å². The minimum Gasteiger partial charge on any atom is -0.481 e. The highest BCUT2D eigenvalue weighted by Gasteiger charge is 2.10. The SMILES string of the molecule is CCNC(=NCc1ccnc(OC)c1)N(C)Cc1cc(Cl)cn1C. The second-order valence-electron chi connectivity index (χ2n) is 5.49. The van der Waals surface area contributed by atoms with Crippen LogP contribution in [-0.4, -0.2) is 41.1 Å². The van der Waals surface area contributed by atoms with Crippen LogP contribution in [0.15, 0.2) is 35.6 Å². The molecule has 1 N–H and O–H groups in total. The van der Waals surface area contributed by atoms with Gasteiger partial charge in [-0.3, -0.25) is 0 Å². The van der Waals surface area contributed by atoms with Gasteiger partial charge in [0.05, 0.1) is 25.2 Å². The maximum atomic E-state index is 6.06. The van der Waals surface area contributed by atoms with Gasteiger partial charge in [-0.2, -0.15) is 0 Å². The van der Waals surface area contributed by atoms with Crippen LogP contribution < -0.4 is 10.1 Å². The molecule has 0 radical (unpaired) electrons. The summed E-state index contributed by atoms with van der Waals surface area (Å²) in [5.41, 5.74) is 2.17. The quantitative estimate of drug-likeness (QED) is 0.643. The average molecular weight is 350 g/mol. The Hall–Kier alpha value is -2.21. The molecule has 0 atom stereocenters. The highest BCUT2D eigenvalue weighted by molar-refractivity contribution is 6.30. The van der Waals surface area contributed by atoms with Crippen molar-refractivity contribution in [2.75, 3.05) is 20.7 Å². The van der Waals surface area contributed by atoms with Gasteiger partial charge in [-0.1, -0.05) is 11.6 Å². The van der Waals surface area contributed by atoms with E-state index in [4.69, 9.17) is 21.3 Å². The standard InChI is InChI=1S/C17H24ClN5O/c1-5-19-17(21-10-13-6-7-20-16(8-13)24-4)23(3)12-15-9-14(18)11-22(15)2/h6-9,11H,5,10,12H2,1-4H3,(H,19,21). The number of aromatic nitrogens is 2. The first-order chi connectivity index (χ1) is 11.5. The number of pyridine rings is 1. The van der Waals surface area contributed by atoms with E-state index in [2.05, 4.69) is 22.1 Å². The van der Waals surface area contributed by atoms with E-state index in [-0.39, 0.29) is 0 Å². The van der Waals surface area contributed by atoms with E-state index in [0.29, 0.717) is 19.0 Å². The molecule has 0 aliphatic carbocycles. The van der Waals surface area contributed by atoms with E-state index in [1.165, 1.54) is 0 Å². The lowest BCUT2D eigenvalue weighted by molar-refractivity contribution is 0.397. The first-order valence-corrected chi connectivity index (χ1v) is 8.20. The van der Waals surface area contributed by atoms with Gasteiger partial charge in [-0.05, 0) is 24.6 Å². The normalized spacial score (nSPS) is 11.5. The lowest BCUT2D eigenvalue weighted by Crippen LogP contribution is -2.38. The van der Waals surface area contributed by atoms with Crippen LogP contribution in [0, 0.1) is 0 Å². The Labute approximate surface area is 148 Å². The Morgan fingerprint density at radius 1 is 1.46 bits per heavy atom. The van der Waals surface area contributed by atoms with E-state index in [0.717, 1.165) is 28.8 Å². The van der Waals surface area contributed by atoms with Crippen molar-refractivity contribution in [1.29, 1.82) is 0 Å². The minimum absolute atomic E-state index is 0.555. The fourth-order valence-corrected chi connectivity index (χ4v) is 2.61. The van der Waals surface area contributed by atoms with Crippen LogP contribution in [0.3, 0.4) is 0 Å². The second-order valence-corrected chi connectivity index (χ2v) is 5.93. The largest absolute Gasteiger partial charge is 0.481 e. The van der Waals surface area contributed by atoms with Gasteiger partial charge in [-0.15, -0.1) is 0 Å². The van der Waals surface area contributed by atoms with E-state index < -0.39 is 0 Å². The lowest BCUT2D eigenvalue weighted by Gasteiger charge is -2.22. The Bertz CT molecular complexity index is 698. The van der Waals surface area contributed by atoms with Crippen molar-refractivity contribution in [3.05, 3.63) is 46.9 Å². The molecule has 130 valence electrons. The molecule has 24 heavy (non-hydrogen) atoms. The highest BCUT2D eigenvalue weighted by atomic mass is 35.5. The zero-order valence-corrected chi connectivity index (χ0v) is 15.3. The van der Waals surface area contributed by atoms with Gasteiger partial charge >= 0.3 is 0 Å². The van der Waals surface area contributed by atoms with Crippen molar-refractivity contribution in [3.63, 3.8) is 0 Å². The third kappa shape index (κ3) is 4.89. The fraction of sp³-hybridized carbons (Fsp3) is 0.412. The number of halogens is 1. The number of hydrogen-bond donors (Lipinski definition) is 1. The molecule has 0 amide bonds. The van der Waals surface area contributed by atoms with Crippen LogP contribution in [0.2, 0.25) is 5.02 Å². The third-order valence-electron chi connectivity index (χ3n) is 3.59. The summed E-state index contributed by atoms with van der Waals surface area (Å²) in [6, 6.07) is 5.80. The van der Waals surface area contributed by atoms with Gasteiger partial charge in [0.2, 0.25) is 5.88 Å². The van der Waals surface area contributed by atoms with Gasteiger partial charge in [0.1, 0.15) is 0 Å². The molecule has 0 saturated carbocycles. The van der Waals surface area contributed by atoms with Crippen LogP contribution >= 0.6 is 11.6 Å². The summed E-state index contributed by atoms with van der Waals surface area (Å²) in [6.07, 6.45) is 3.63. The summed E-state index contributed by atoms with van der Waals surface area (Å²) < 4.78 is 7.17. The average Bonchev–Trinajstić information content (AvgIpc) is 2.88. The van der Waals surface area contributed by atoms with Gasteiger partial charge in [0.25, 0.3) is 0 Å². The number of rotatable bonds is 6. The molecule has 2 aromatic rings. The molecule has 0 aromatic carbocycles. The highest BCUT2D eigenvalue weighted by Crippen LogP contribution is 2.14. The fourth-order valence-electron chi connectivity index (χ4n) is 2.34. The van der Waals surface area contributed by atoms with Gasteiger partial charge in [0, 0.05) is 44.8 Å². The monoisotopic (exact) mass is 349 g/mol. The molecule has 7 heteroatoms. The Morgan fingerprint density at radius 3 is 2.88 bits per heavy atom. The predicted molar refractivity (Wildman–Crippen MR) is 97.5 cm³/mol. The van der Waals surface area contributed by atoms with E-state index in [9.17, 15) is 0 Å². The van der Waals surface area contributed by atoms with E-state index in [1.807, 2.05) is 43.1 Å². The van der Waals surface area contributed by atoms with Crippen LogP contribution in [0.5, 0.6) is 5.88 Å². The van der Waals surface area contributed by atoms with Crippen LogP contribution in [-0.2, 0) is 20.1 Å². The van der Waals surface area contributed by atoms with Crippen molar-refractivity contribution in [1.82, 2.24) is 19.8 Å². The zero-order chi connectivity index (χ0) is 17.5. The predicted octanol–water partition coefficient (Wildman–Crippen LogP) is 2.68. The number of guanidine groups is 1. The van der Waals surface area contributed by atoms with Crippen LogP contribution in [0.1, 0.15) is 18.2 Å².